The van der Waals surface area contributed by atoms with Crippen molar-refractivity contribution in [3.8, 4) is 0 Å². The molecule has 0 atom stereocenters. The summed E-state index contributed by atoms with van der Waals surface area (Å²) >= 11 is 0. The maximum absolute atomic E-state index is 11.3. The van der Waals surface area contributed by atoms with Crippen molar-refractivity contribution in [1.29, 1.82) is 0 Å². The van der Waals surface area contributed by atoms with Crippen LogP contribution in [0.3, 0.4) is 0 Å². The van der Waals surface area contributed by atoms with E-state index in [1.165, 1.54) is 19.2 Å². The van der Waals surface area contributed by atoms with Gasteiger partial charge in [-0.05, 0) is 19.1 Å². The first-order valence-corrected chi connectivity index (χ1v) is 5.14. The van der Waals surface area contributed by atoms with Crippen molar-refractivity contribution < 1.29 is 12.7 Å². The molecule has 0 aromatic heterocycles. The van der Waals surface area contributed by atoms with Gasteiger partial charge in [0.25, 0.3) is 0 Å². The van der Waals surface area contributed by atoms with Crippen LogP contribution in [0.1, 0.15) is 5.56 Å². The van der Waals surface area contributed by atoms with Gasteiger partial charge in [0.2, 0.25) is 0 Å². The first-order valence-electron chi connectivity index (χ1n) is 3.73. The molecule has 0 bridgehead atoms. The van der Waals surface area contributed by atoms with Crippen LogP contribution in [0.2, 0.25) is 0 Å². The molecule has 1 N–H and O–H groups in total. The number of benzene rings is 1. The van der Waals surface area contributed by atoms with Gasteiger partial charge in [-0.2, -0.15) is 18.2 Å². The van der Waals surface area contributed by atoms with Crippen molar-refractivity contribution in [3.63, 3.8) is 0 Å². The summed E-state index contributed by atoms with van der Waals surface area (Å²) in [6, 6.07) is 6.43. The van der Waals surface area contributed by atoms with Crippen LogP contribution in [-0.2, 0) is 14.4 Å². The lowest BCUT2D eigenvalue weighted by molar-refractivity contribution is 0.231. The standard InChI is InChI=1S/C8H11NO3S/c1-7-3-5-8(6-4-7)13(10,11)12-9-2/h3-6,9H,1-2H3. The summed E-state index contributed by atoms with van der Waals surface area (Å²) in [7, 11) is -2.24. The molecule has 0 aliphatic rings. The van der Waals surface area contributed by atoms with Crippen molar-refractivity contribution in [2.45, 2.75) is 11.8 Å². The van der Waals surface area contributed by atoms with E-state index < -0.39 is 10.1 Å². The van der Waals surface area contributed by atoms with Gasteiger partial charge in [-0.1, -0.05) is 17.7 Å². The zero-order chi connectivity index (χ0) is 9.90. The monoisotopic (exact) mass is 201 g/mol. The largest absolute Gasteiger partial charge is 0.312 e. The zero-order valence-electron chi connectivity index (χ0n) is 7.44. The third-order valence-corrected chi connectivity index (χ3v) is 2.74. The molecule has 5 heteroatoms. The van der Waals surface area contributed by atoms with Crippen LogP contribution in [0.4, 0.5) is 0 Å². The molecule has 4 nitrogen and oxygen atoms in total. The second kappa shape index (κ2) is 3.87. The topological polar surface area (TPSA) is 55.4 Å². The van der Waals surface area contributed by atoms with Gasteiger partial charge in [-0.25, -0.2) is 0 Å². The van der Waals surface area contributed by atoms with E-state index in [1.807, 2.05) is 6.92 Å². The number of rotatable bonds is 3. The van der Waals surface area contributed by atoms with Crippen LogP contribution < -0.4 is 5.48 Å². The second-order valence-electron chi connectivity index (χ2n) is 2.55. The molecular formula is C8H11NO3S. The summed E-state index contributed by atoms with van der Waals surface area (Å²) in [5.74, 6) is 0. The lowest BCUT2D eigenvalue weighted by atomic mass is 10.2. The molecule has 0 unspecified atom stereocenters. The summed E-state index contributed by atoms with van der Waals surface area (Å²) in [5, 5.41) is 0. The summed E-state index contributed by atoms with van der Waals surface area (Å²) in [6.45, 7) is 1.88. The third-order valence-electron chi connectivity index (χ3n) is 1.50. The van der Waals surface area contributed by atoms with Crippen molar-refractivity contribution >= 4 is 10.1 Å². The molecule has 0 aliphatic heterocycles. The highest BCUT2D eigenvalue weighted by Gasteiger charge is 2.13. The van der Waals surface area contributed by atoms with E-state index >= 15 is 0 Å². The van der Waals surface area contributed by atoms with E-state index in [9.17, 15) is 8.42 Å². The first kappa shape index (κ1) is 10.2. The highest BCUT2D eigenvalue weighted by Crippen LogP contribution is 2.11. The third kappa shape index (κ3) is 2.51. The summed E-state index contributed by atoms with van der Waals surface area (Å²) in [4.78, 5) is 0.146. The number of aryl methyl sites for hydroxylation is 1. The predicted molar refractivity (Wildman–Crippen MR) is 48.5 cm³/mol. The smallest absolute Gasteiger partial charge is 0.192 e. The molecule has 0 saturated carbocycles. The molecule has 0 saturated heterocycles. The van der Waals surface area contributed by atoms with Crippen molar-refractivity contribution in [2.75, 3.05) is 7.05 Å². The predicted octanol–water partition coefficient (Wildman–Crippen LogP) is 0.835. The average molecular weight is 201 g/mol. The Bertz CT molecular complexity index is 369. The molecule has 0 fully saturated rings. The Hall–Kier alpha value is -0.910. The van der Waals surface area contributed by atoms with Gasteiger partial charge in [-0.3, -0.25) is 0 Å². The van der Waals surface area contributed by atoms with Crippen molar-refractivity contribution in [1.82, 2.24) is 5.48 Å². The van der Waals surface area contributed by atoms with E-state index in [4.69, 9.17) is 0 Å². The average Bonchev–Trinajstić information content (AvgIpc) is 2.05. The fourth-order valence-corrected chi connectivity index (χ4v) is 1.65. The lowest BCUT2D eigenvalue weighted by Gasteiger charge is -2.02. The van der Waals surface area contributed by atoms with Crippen molar-refractivity contribution in [2.24, 2.45) is 0 Å². The first-order chi connectivity index (χ1) is 6.06. The number of nitrogens with one attached hydrogen (secondary N) is 1. The van der Waals surface area contributed by atoms with Crippen LogP contribution in [0.25, 0.3) is 0 Å². The second-order valence-corrected chi connectivity index (χ2v) is 4.10. The molecule has 0 amide bonds. The molecule has 0 aliphatic carbocycles. The maximum atomic E-state index is 11.3. The van der Waals surface area contributed by atoms with E-state index in [2.05, 4.69) is 9.76 Å². The fourth-order valence-electron chi connectivity index (χ4n) is 0.863. The maximum Gasteiger partial charge on any atom is 0.312 e. The van der Waals surface area contributed by atoms with Crippen LogP contribution in [-0.4, -0.2) is 15.5 Å². The lowest BCUT2D eigenvalue weighted by Crippen LogP contribution is -2.15. The summed E-state index contributed by atoms with van der Waals surface area (Å²) in [5.41, 5.74) is 3.14. The van der Waals surface area contributed by atoms with Crippen molar-refractivity contribution in [3.05, 3.63) is 29.8 Å². The quantitative estimate of drug-likeness (QED) is 0.736. The highest BCUT2D eigenvalue weighted by atomic mass is 32.2. The normalized spacial score (nSPS) is 11.5. The van der Waals surface area contributed by atoms with E-state index in [-0.39, 0.29) is 4.90 Å². The molecule has 1 aromatic rings. The molecule has 0 spiro atoms. The Morgan fingerprint density at radius 1 is 1.23 bits per heavy atom. The highest BCUT2D eigenvalue weighted by molar-refractivity contribution is 7.86. The van der Waals surface area contributed by atoms with Crippen LogP contribution in [0, 0.1) is 6.92 Å². The van der Waals surface area contributed by atoms with Crippen LogP contribution >= 0.6 is 0 Å². The minimum atomic E-state index is -3.64. The van der Waals surface area contributed by atoms with Gasteiger partial charge in [0.15, 0.2) is 0 Å². The molecule has 0 heterocycles. The summed E-state index contributed by atoms with van der Waals surface area (Å²) < 4.78 is 26.9. The Morgan fingerprint density at radius 2 is 1.77 bits per heavy atom. The van der Waals surface area contributed by atoms with Gasteiger partial charge in [-0.15, -0.1) is 0 Å². The van der Waals surface area contributed by atoms with Gasteiger partial charge in [0.1, 0.15) is 0 Å². The molecular weight excluding hydrogens is 190 g/mol. The molecule has 13 heavy (non-hydrogen) atoms. The minimum Gasteiger partial charge on any atom is -0.192 e. The Morgan fingerprint density at radius 3 is 2.23 bits per heavy atom. The Labute approximate surface area is 77.6 Å². The van der Waals surface area contributed by atoms with Gasteiger partial charge in [0, 0.05) is 7.05 Å². The van der Waals surface area contributed by atoms with E-state index in [0.29, 0.717) is 0 Å². The Kier molecular flexibility index (Phi) is 3.02. The fraction of sp³-hybridized carbons (Fsp3) is 0.250. The zero-order valence-corrected chi connectivity index (χ0v) is 8.26. The van der Waals surface area contributed by atoms with Gasteiger partial charge < -0.3 is 0 Å². The molecule has 0 radical (unpaired) electrons. The van der Waals surface area contributed by atoms with E-state index in [1.54, 1.807) is 12.1 Å². The SMILES string of the molecule is CNOS(=O)(=O)c1ccc(C)cc1. The summed E-state index contributed by atoms with van der Waals surface area (Å²) in [6.07, 6.45) is 0. The van der Waals surface area contributed by atoms with Crippen LogP contribution in [0.15, 0.2) is 29.2 Å². The van der Waals surface area contributed by atoms with Gasteiger partial charge in [0.05, 0.1) is 4.90 Å². The number of hydroxylamine groups is 1. The molecule has 1 rings (SSSR count). The van der Waals surface area contributed by atoms with E-state index in [0.717, 1.165) is 5.56 Å². The number of hydrogen-bond donors (Lipinski definition) is 1. The van der Waals surface area contributed by atoms with Gasteiger partial charge >= 0.3 is 10.1 Å². The Balaban J connectivity index is 3.02. The molecule has 1 aromatic carbocycles. The van der Waals surface area contributed by atoms with Crippen LogP contribution in [0.5, 0.6) is 0 Å². The minimum absolute atomic E-state index is 0.146. The molecule has 72 valence electrons. The number of hydrogen-bond acceptors (Lipinski definition) is 4.